The van der Waals surface area contributed by atoms with Gasteiger partial charge >= 0.3 is 18.5 Å². The Kier molecular flexibility index (Phi) is 9.97. The van der Waals surface area contributed by atoms with Gasteiger partial charge in [0.25, 0.3) is 0 Å². The summed E-state index contributed by atoms with van der Waals surface area (Å²) in [6.45, 7) is 6.26. The second-order valence-electron chi connectivity index (χ2n) is 8.98. The van der Waals surface area contributed by atoms with Crippen molar-refractivity contribution >= 4 is 29.3 Å². The van der Waals surface area contributed by atoms with Gasteiger partial charge in [0.05, 0.1) is 27.9 Å². The van der Waals surface area contributed by atoms with Gasteiger partial charge in [0.2, 0.25) is 0 Å². The lowest BCUT2D eigenvalue weighted by atomic mass is 9.97. The monoisotopic (exact) mass is 579 g/mol. The third kappa shape index (κ3) is 10.0. The first kappa shape index (κ1) is 31.2. The minimum atomic E-state index is -4.87. The van der Waals surface area contributed by atoms with Crippen molar-refractivity contribution in [2.45, 2.75) is 62.9 Å². The van der Waals surface area contributed by atoms with Gasteiger partial charge in [-0.25, -0.2) is 4.40 Å². The number of pyridine rings is 1. The van der Waals surface area contributed by atoms with Crippen LogP contribution in [0.3, 0.4) is 0 Å². The maximum atomic E-state index is 13.1. The van der Waals surface area contributed by atoms with E-state index >= 15 is 0 Å². The van der Waals surface area contributed by atoms with E-state index in [0.29, 0.717) is 13.0 Å². The Morgan fingerprint density at radius 1 is 0.919 bits per heavy atom. The number of hydrogen-bond acceptors (Lipinski definition) is 4. The number of hydrogen-bond donors (Lipinski definition) is 1. The Balaban J connectivity index is 0.000000364. The standard InChI is InChI=1S/C17H20F6N2S.C6H3ClF3N/c1-15(2,3)26-25-14(13-5-4-6-24-13)10-7-11(16(18,19)20)9-12(8-10)17(21,22)23;7-4-1-2-5(11-3-4)6(8,9)10/h7-9,13,24H,4-6H2,1-3H3;1-3H/b25-14+;. The summed E-state index contributed by atoms with van der Waals surface area (Å²) >= 11 is 6.47. The number of benzene rings is 1. The van der Waals surface area contributed by atoms with E-state index in [9.17, 15) is 39.5 Å². The molecule has 1 N–H and O–H groups in total. The fourth-order valence-corrected chi connectivity index (χ4v) is 3.78. The molecular formula is C23H23ClF9N3S. The molecule has 2 aromatic rings. The minimum Gasteiger partial charge on any atom is -0.309 e. The van der Waals surface area contributed by atoms with E-state index in [1.807, 2.05) is 20.8 Å². The van der Waals surface area contributed by atoms with Gasteiger partial charge in [-0.1, -0.05) is 11.6 Å². The van der Waals surface area contributed by atoms with Crippen LogP contribution in [0.1, 0.15) is 56.0 Å². The highest BCUT2D eigenvalue weighted by Gasteiger charge is 2.38. The number of nitrogens with one attached hydrogen (secondary N) is 1. The first-order chi connectivity index (χ1) is 16.8. The van der Waals surface area contributed by atoms with Crippen molar-refractivity contribution in [3.05, 3.63) is 63.9 Å². The molecule has 0 bridgehead atoms. The van der Waals surface area contributed by atoms with E-state index in [2.05, 4.69) is 14.7 Å². The summed E-state index contributed by atoms with van der Waals surface area (Å²) in [6, 6.07) is 3.25. The van der Waals surface area contributed by atoms with E-state index in [1.54, 1.807) is 0 Å². The minimum absolute atomic E-state index is 0.139. The van der Waals surface area contributed by atoms with Gasteiger partial charge in [0.15, 0.2) is 0 Å². The third-order valence-corrected chi connectivity index (χ3v) is 5.77. The average molecular weight is 580 g/mol. The normalized spacial score (nSPS) is 17.4. The highest BCUT2D eigenvalue weighted by atomic mass is 35.5. The Morgan fingerprint density at radius 3 is 1.86 bits per heavy atom. The summed E-state index contributed by atoms with van der Waals surface area (Å²) < 4.78 is 118. The van der Waals surface area contributed by atoms with Crippen molar-refractivity contribution in [1.82, 2.24) is 10.3 Å². The molecule has 0 amide bonds. The molecule has 1 aliphatic heterocycles. The molecule has 1 atom stereocenters. The molecule has 3 nitrogen and oxygen atoms in total. The molecule has 206 valence electrons. The predicted octanol–water partition coefficient (Wildman–Crippen LogP) is 8.47. The van der Waals surface area contributed by atoms with Crippen LogP contribution in [0.2, 0.25) is 5.02 Å². The molecule has 1 fully saturated rings. The van der Waals surface area contributed by atoms with Crippen LogP contribution in [0.5, 0.6) is 0 Å². The molecule has 0 saturated carbocycles. The van der Waals surface area contributed by atoms with Crippen LogP contribution in [-0.2, 0) is 18.5 Å². The molecular weight excluding hydrogens is 557 g/mol. The molecule has 1 aromatic heterocycles. The highest BCUT2D eigenvalue weighted by molar-refractivity contribution is 7.99. The van der Waals surface area contributed by atoms with Crippen LogP contribution < -0.4 is 5.32 Å². The van der Waals surface area contributed by atoms with E-state index < -0.39 is 35.3 Å². The lowest BCUT2D eigenvalue weighted by Gasteiger charge is -2.20. The summed E-state index contributed by atoms with van der Waals surface area (Å²) in [7, 11) is 0. The molecule has 1 aliphatic rings. The fourth-order valence-electron chi connectivity index (χ4n) is 3.07. The van der Waals surface area contributed by atoms with Gasteiger partial charge < -0.3 is 5.32 Å². The second kappa shape index (κ2) is 11.8. The zero-order chi connectivity index (χ0) is 28.2. The summed E-state index contributed by atoms with van der Waals surface area (Å²) in [6.07, 6.45) is -11.8. The maximum Gasteiger partial charge on any atom is 0.433 e. The summed E-state index contributed by atoms with van der Waals surface area (Å²) in [5.74, 6) is 0. The molecule has 0 radical (unpaired) electrons. The third-order valence-electron chi connectivity index (χ3n) is 4.71. The molecule has 3 rings (SSSR count). The van der Waals surface area contributed by atoms with Crippen LogP contribution in [0, 0.1) is 0 Å². The van der Waals surface area contributed by atoms with Gasteiger partial charge in [-0.3, -0.25) is 4.98 Å². The number of halogens is 10. The number of aromatic nitrogens is 1. The predicted molar refractivity (Wildman–Crippen MR) is 126 cm³/mol. The van der Waals surface area contributed by atoms with Crippen LogP contribution in [0.25, 0.3) is 0 Å². The van der Waals surface area contributed by atoms with Crippen LogP contribution in [-0.4, -0.2) is 28.0 Å². The van der Waals surface area contributed by atoms with Crippen molar-refractivity contribution in [3.63, 3.8) is 0 Å². The average Bonchev–Trinajstić information content (AvgIpc) is 3.26. The van der Waals surface area contributed by atoms with Crippen molar-refractivity contribution in [2.24, 2.45) is 4.40 Å². The lowest BCUT2D eigenvalue weighted by molar-refractivity contribution is -0.143. The summed E-state index contributed by atoms with van der Waals surface area (Å²) in [4.78, 5) is 3.09. The van der Waals surface area contributed by atoms with E-state index in [-0.39, 0.29) is 33.2 Å². The zero-order valence-corrected chi connectivity index (χ0v) is 21.3. The quantitative estimate of drug-likeness (QED) is 0.225. The molecule has 2 heterocycles. The van der Waals surface area contributed by atoms with Gasteiger partial charge in [-0.2, -0.15) is 39.5 Å². The molecule has 1 saturated heterocycles. The molecule has 37 heavy (non-hydrogen) atoms. The Morgan fingerprint density at radius 2 is 1.49 bits per heavy atom. The SMILES string of the molecule is CC(C)(C)S/N=C(\c1cc(C(F)(F)F)cc(C(F)(F)F)c1)C1CCCN1.FC(F)(F)c1ccc(Cl)cn1. The van der Waals surface area contributed by atoms with E-state index in [1.165, 1.54) is 0 Å². The zero-order valence-electron chi connectivity index (χ0n) is 19.7. The summed E-state index contributed by atoms with van der Waals surface area (Å²) in [5, 5.41) is 3.29. The lowest BCUT2D eigenvalue weighted by Crippen LogP contribution is -2.32. The van der Waals surface area contributed by atoms with Crippen molar-refractivity contribution in [3.8, 4) is 0 Å². The molecule has 0 aliphatic carbocycles. The number of alkyl halides is 9. The highest BCUT2D eigenvalue weighted by Crippen LogP contribution is 2.37. The van der Waals surface area contributed by atoms with Gasteiger partial charge in [0.1, 0.15) is 5.69 Å². The van der Waals surface area contributed by atoms with Crippen LogP contribution >= 0.6 is 23.5 Å². The van der Waals surface area contributed by atoms with Gasteiger partial charge in [-0.05, 0) is 88.0 Å². The van der Waals surface area contributed by atoms with Gasteiger partial charge in [0, 0.05) is 10.9 Å². The number of rotatable bonds is 3. The molecule has 1 aromatic carbocycles. The first-order valence-corrected chi connectivity index (χ1v) is 11.9. The topological polar surface area (TPSA) is 37.3 Å². The van der Waals surface area contributed by atoms with Crippen LogP contribution in [0.4, 0.5) is 39.5 Å². The smallest absolute Gasteiger partial charge is 0.309 e. The van der Waals surface area contributed by atoms with Crippen molar-refractivity contribution in [1.29, 1.82) is 0 Å². The van der Waals surface area contributed by atoms with Crippen molar-refractivity contribution in [2.75, 3.05) is 6.54 Å². The van der Waals surface area contributed by atoms with Crippen LogP contribution in [0.15, 0.2) is 40.9 Å². The van der Waals surface area contributed by atoms with E-state index in [4.69, 9.17) is 11.6 Å². The molecule has 0 spiro atoms. The van der Waals surface area contributed by atoms with Crippen molar-refractivity contribution < 1.29 is 39.5 Å². The Bertz CT molecular complexity index is 1040. The summed E-state index contributed by atoms with van der Waals surface area (Å²) in [5.41, 5.74) is -3.51. The van der Waals surface area contributed by atoms with Gasteiger partial charge in [-0.15, -0.1) is 0 Å². The Hall–Kier alpha value is -1.99. The Labute approximate surface area is 217 Å². The number of nitrogens with zero attached hydrogens (tertiary/aromatic N) is 2. The fraction of sp³-hybridized carbons (Fsp3) is 0.478. The first-order valence-electron chi connectivity index (χ1n) is 10.8. The second-order valence-corrected chi connectivity index (χ2v) is 11.0. The largest absolute Gasteiger partial charge is 0.433 e. The van der Waals surface area contributed by atoms with E-state index in [0.717, 1.165) is 48.8 Å². The molecule has 1 unspecified atom stereocenters. The maximum absolute atomic E-state index is 13.1. The molecule has 14 heteroatoms.